The Labute approximate surface area is 68.0 Å². The predicted molar refractivity (Wildman–Crippen MR) is 46.7 cm³/mol. The molecule has 0 aliphatic heterocycles. The molecule has 0 N–H and O–H groups in total. The van der Waals surface area contributed by atoms with E-state index in [-0.39, 0.29) is 0 Å². The van der Waals surface area contributed by atoms with E-state index in [2.05, 4.69) is 26.6 Å². The summed E-state index contributed by atoms with van der Waals surface area (Å²) in [4.78, 5) is 7.44. The van der Waals surface area contributed by atoms with Gasteiger partial charge in [0.15, 0.2) is 0 Å². The fraction of sp³-hybridized carbons (Fsp3) is 0. The Morgan fingerprint density at radius 1 is 1.20 bits per heavy atom. The summed E-state index contributed by atoms with van der Waals surface area (Å²) in [6.07, 6.45) is 6.56. The van der Waals surface area contributed by atoms with Crippen LogP contribution in [0.4, 0.5) is 0 Å². The molecule has 0 bridgehead atoms. The number of rotatable bonds is 1. The van der Waals surface area contributed by atoms with Gasteiger partial charge in [0.1, 0.15) is 5.55 Å². The third kappa shape index (κ3) is 7.19. The van der Waals surface area contributed by atoms with E-state index < -0.39 is 0 Å². The van der Waals surface area contributed by atoms with E-state index in [1.54, 1.807) is 24.8 Å². The molecule has 1 heterocycles. The van der Waals surface area contributed by atoms with Gasteiger partial charge in [0, 0.05) is 24.8 Å². The van der Waals surface area contributed by atoms with Gasteiger partial charge in [-0.1, -0.05) is 0 Å². The van der Waals surface area contributed by atoms with Gasteiger partial charge >= 0.3 is 0 Å². The second kappa shape index (κ2) is 8.19. The molecule has 0 aliphatic carbocycles. The zero-order valence-electron chi connectivity index (χ0n) is 5.60. The zero-order chi connectivity index (χ0) is 7.66. The monoisotopic (exact) mass is 172 g/mol. The van der Waals surface area contributed by atoms with Crippen LogP contribution in [0.15, 0.2) is 24.8 Å². The molecule has 3 nitrogen and oxygen atoms in total. The Kier molecular flexibility index (Phi) is 7.52. The van der Waals surface area contributed by atoms with Gasteiger partial charge in [-0.05, 0) is 12.2 Å². The Bertz CT molecular complexity index is 134. The van der Waals surface area contributed by atoms with Crippen molar-refractivity contribution in [1.29, 1.82) is 0 Å². The third-order valence-electron chi connectivity index (χ3n) is 0.574. The number of aromatic nitrogens is 2. The molecule has 10 heavy (non-hydrogen) atoms. The van der Waals surface area contributed by atoms with E-state index in [1.165, 1.54) is 5.55 Å². The maximum atomic E-state index is 4.37. The van der Waals surface area contributed by atoms with Crippen molar-refractivity contribution in [1.82, 2.24) is 9.97 Å². The molecule has 0 amide bonds. The van der Waals surface area contributed by atoms with E-state index in [0.717, 1.165) is 10.5 Å². The average Bonchev–Trinajstić information content (AvgIpc) is 2.08. The van der Waals surface area contributed by atoms with E-state index in [9.17, 15) is 0 Å². The molecule has 0 aromatic carbocycles. The van der Waals surface area contributed by atoms with Crippen molar-refractivity contribution in [2.24, 2.45) is 0 Å². The number of hydrogen-bond acceptors (Lipinski definition) is 4. The van der Waals surface area contributed by atoms with Gasteiger partial charge in [-0.25, -0.2) is 0 Å². The normalized spacial score (nSPS) is 7.20. The lowest BCUT2D eigenvalue weighted by molar-refractivity contribution is 0.655. The SMILES string of the molecule is [SiH3]OC=S.c1cnccn1. The van der Waals surface area contributed by atoms with Crippen LogP contribution in [0.5, 0.6) is 0 Å². The van der Waals surface area contributed by atoms with Crippen molar-refractivity contribution >= 4 is 28.3 Å². The lowest BCUT2D eigenvalue weighted by Crippen LogP contribution is -1.68. The van der Waals surface area contributed by atoms with Gasteiger partial charge in [-0.3, -0.25) is 9.97 Å². The van der Waals surface area contributed by atoms with Crippen LogP contribution >= 0.6 is 12.2 Å². The minimum absolute atomic E-state index is 0.730. The third-order valence-corrected chi connectivity index (χ3v) is 1.34. The van der Waals surface area contributed by atoms with Crippen LogP contribution in [0.2, 0.25) is 0 Å². The van der Waals surface area contributed by atoms with Crippen LogP contribution < -0.4 is 0 Å². The molecule has 54 valence electrons. The molecular formula is C5H8N2OSSi. The van der Waals surface area contributed by atoms with Crippen LogP contribution in [0.3, 0.4) is 0 Å². The Balaban J connectivity index is 0.000000180. The highest BCUT2D eigenvalue weighted by Crippen LogP contribution is 1.65. The van der Waals surface area contributed by atoms with Crippen LogP contribution in [0, 0.1) is 0 Å². The quantitative estimate of drug-likeness (QED) is 0.431. The molecule has 1 aromatic heterocycles. The molecule has 0 saturated heterocycles. The number of thiocarbonyl (C=S) groups is 1. The summed E-state index contributed by atoms with van der Waals surface area (Å²) in [6.45, 7) is 0. The maximum Gasteiger partial charge on any atom is 0.204 e. The molecule has 0 fully saturated rings. The summed E-state index contributed by atoms with van der Waals surface area (Å²) in [6, 6.07) is 0. The maximum absolute atomic E-state index is 4.37. The van der Waals surface area contributed by atoms with Crippen molar-refractivity contribution in [2.45, 2.75) is 0 Å². The molecule has 1 aromatic rings. The highest BCUT2D eigenvalue weighted by atomic mass is 32.1. The first-order valence-corrected chi connectivity index (χ1v) is 3.87. The van der Waals surface area contributed by atoms with E-state index in [1.807, 2.05) is 0 Å². The summed E-state index contributed by atoms with van der Waals surface area (Å²) < 4.78 is 4.37. The summed E-state index contributed by atoms with van der Waals surface area (Å²) in [5, 5.41) is 0. The number of hydrogen-bond donors (Lipinski definition) is 0. The fourth-order valence-corrected chi connectivity index (χ4v) is 0.253. The van der Waals surface area contributed by atoms with Crippen LogP contribution in [-0.2, 0) is 4.43 Å². The first kappa shape index (κ1) is 9.19. The van der Waals surface area contributed by atoms with Crippen molar-refractivity contribution in [3.8, 4) is 0 Å². The average molecular weight is 172 g/mol. The Hall–Kier alpha value is -0.813. The fourth-order valence-electron chi connectivity index (χ4n) is 0.253. The molecular weight excluding hydrogens is 164 g/mol. The minimum Gasteiger partial charge on any atom is -0.551 e. The lowest BCUT2D eigenvalue weighted by atomic mass is 10.8. The highest BCUT2D eigenvalue weighted by molar-refractivity contribution is 7.78. The molecule has 0 radical (unpaired) electrons. The van der Waals surface area contributed by atoms with Crippen LogP contribution in [0.25, 0.3) is 0 Å². The largest absolute Gasteiger partial charge is 0.551 e. The van der Waals surface area contributed by atoms with Gasteiger partial charge in [-0.2, -0.15) is 0 Å². The predicted octanol–water partition coefficient (Wildman–Crippen LogP) is -0.283. The summed E-state index contributed by atoms with van der Waals surface area (Å²) in [5.41, 5.74) is 1.27. The molecule has 1 rings (SSSR count). The van der Waals surface area contributed by atoms with E-state index in [0.29, 0.717) is 0 Å². The molecule has 0 spiro atoms. The van der Waals surface area contributed by atoms with Crippen molar-refractivity contribution in [3.05, 3.63) is 24.8 Å². The minimum atomic E-state index is 0.730. The summed E-state index contributed by atoms with van der Waals surface area (Å²) in [5.74, 6) is 0. The lowest BCUT2D eigenvalue weighted by Gasteiger charge is -1.72. The molecule has 0 unspecified atom stereocenters. The van der Waals surface area contributed by atoms with Crippen LogP contribution in [-0.4, -0.2) is 26.0 Å². The molecule has 5 heteroatoms. The van der Waals surface area contributed by atoms with Crippen molar-refractivity contribution in [3.63, 3.8) is 0 Å². The van der Waals surface area contributed by atoms with Gasteiger partial charge in [0.05, 0.1) is 0 Å². The Morgan fingerprint density at radius 2 is 1.50 bits per heavy atom. The van der Waals surface area contributed by atoms with Crippen molar-refractivity contribution < 1.29 is 4.43 Å². The van der Waals surface area contributed by atoms with Gasteiger partial charge in [0.2, 0.25) is 10.5 Å². The van der Waals surface area contributed by atoms with Gasteiger partial charge in [-0.15, -0.1) is 0 Å². The first-order chi connectivity index (χ1) is 4.91. The zero-order valence-corrected chi connectivity index (χ0v) is 8.41. The van der Waals surface area contributed by atoms with E-state index in [4.69, 9.17) is 0 Å². The molecule has 0 saturated carbocycles. The van der Waals surface area contributed by atoms with Crippen LogP contribution in [0.1, 0.15) is 0 Å². The second-order valence-corrected chi connectivity index (χ2v) is 1.89. The highest BCUT2D eigenvalue weighted by Gasteiger charge is 1.59. The first-order valence-electron chi connectivity index (χ1n) is 2.58. The summed E-state index contributed by atoms with van der Waals surface area (Å²) in [7, 11) is 0.730. The van der Waals surface area contributed by atoms with E-state index >= 15 is 0 Å². The second-order valence-electron chi connectivity index (χ2n) is 1.23. The molecule has 0 aliphatic rings. The smallest absolute Gasteiger partial charge is 0.204 e. The van der Waals surface area contributed by atoms with Gasteiger partial charge < -0.3 is 4.43 Å². The Morgan fingerprint density at radius 3 is 1.60 bits per heavy atom. The summed E-state index contributed by atoms with van der Waals surface area (Å²) >= 11 is 4.24. The topological polar surface area (TPSA) is 35.0 Å². The number of nitrogens with zero attached hydrogens (tertiary/aromatic N) is 2. The van der Waals surface area contributed by atoms with Crippen molar-refractivity contribution in [2.75, 3.05) is 0 Å². The standard InChI is InChI=1S/C4H4N2.CH4OSSi/c1-2-6-4-3-5-1;3-1-2-4/h1-4H;1H,4H3. The molecule has 0 atom stereocenters. The van der Waals surface area contributed by atoms with Gasteiger partial charge in [0.25, 0.3) is 0 Å².